The fourth-order valence-corrected chi connectivity index (χ4v) is 6.20. The number of nitrogens with one attached hydrogen (secondary N) is 2. The normalized spacial score (nSPS) is 25.8. The molecule has 1 aliphatic heterocycles. The third kappa shape index (κ3) is 6.35. The molecular formula is C29H37F4N5O5. The van der Waals surface area contributed by atoms with Gasteiger partial charge < -0.3 is 24.4 Å². The van der Waals surface area contributed by atoms with Crippen LogP contribution < -0.4 is 10.1 Å². The smallest absolute Gasteiger partial charge is 0.417 e. The Labute approximate surface area is 246 Å². The molecule has 3 fully saturated rings. The number of methoxy groups -OCH3 is 2. The second-order valence-corrected chi connectivity index (χ2v) is 11.9. The topological polar surface area (TPSA) is 119 Å². The van der Waals surface area contributed by atoms with E-state index in [-0.39, 0.29) is 78.9 Å². The van der Waals surface area contributed by atoms with E-state index < -0.39 is 29.2 Å². The van der Waals surface area contributed by atoms with Crippen LogP contribution in [0.15, 0.2) is 18.3 Å². The molecule has 1 spiro atoms. The van der Waals surface area contributed by atoms with E-state index in [1.54, 1.807) is 11.8 Å². The Morgan fingerprint density at radius 3 is 2.51 bits per heavy atom. The summed E-state index contributed by atoms with van der Waals surface area (Å²) in [6.45, 7) is 1.83. The number of hydrogen-bond donors (Lipinski definition) is 2. The number of pyridine rings is 1. The average Bonchev–Trinajstić information content (AvgIpc) is 3.56. The summed E-state index contributed by atoms with van der Waals surface area (Å²) in [5.41, 5.74) is -2.12. The third-order valence-corrected chi connectivity index (χ3v) is 9.12. The van der Waals surface area contributed by atoms with Gasteiger partial charge in [0.1, 0.15) is 5.69 Å². The lowest BCUT2D eigenvalue weighted by molar-refractivity contribution is -0.293. The van der Waals surface area contributed by atoms with E-state index >= 15 is 0 Å². The number of rotatable bonds is 9. The summed E-state index contributed by atoms with van der Waals surface area (Å²) >= 11 is 0. The van der Waals surface area contributed by atoms with Gasteiger partial charge in [0.15, 0.2) is 11.4 Å². The Hall–Kier alpha value is -3.26. The molecular weight excluding hydrogens is 574 g/mol. The first-order chi connectivity index (χ1) is 20.4. The van der Waals surface area contributed by atoms with Crippen molar-refractivity contribution >= 4 is 11.8 Å². The number of H-pyrrole nitrogens is 1. The fourth-order valence-electron chi connectivity index (χ4n) is 6.20. The number of alkyl halides is 3. The van der Waals surface area contributed by atoms with E-state index in [4.69, 9.17) is 14.2 Å². The highest BCUT2D eigenvalue weighted by atomic mass is 19.4. The standard InChI is InChI=1S/C29H37F4N5O5/c1-17(41-2)16-43-28(29(31,32)33)7-4-19(5-8-28)35-25(39)18-6-11-38(27(14-18)9-10-27)26(40)23-13-22(36-37-23)20-12-24(42-3)34-15-21(20)30/h12-13,15,17-19H,4-11,14,16H2,1-3H3,(H,35,39)(H,36,37)/t17-,18+,19?,28?/m1/s1. The Morgan fingerprint density at radius 2 is 1.88 bits per heavy atom. The predicted octanol–water partition coefficient (Wildman–Crippen LogP) is 4.42. The molecule has 0 bridgehead atoms. The molecule has 236 valence electrons. The van der Waals surface area contributed by atoms with Crippen LogP contribution in [0.3, 0.4) is 0 Å². The van der Waals surface area contributed by atoms with Crippen molar-refractivity contribution in [2.24, 2.45) is 5.92 Å². The van der Waals surface area contributed by atoms with Gasteiger partial charge in [-0.1, -0.05) is 0 Å². The zero-order chi connectivity index (χ0) is 31.0. The highest BCUT2D eigenvalue weighted by Crippen LogP contribution is 2.51. The molecule has 2 aromatic rings. The minimum absolute atomic E-state index is 0.143. The molecule has 2 saturated carbocycles. The Bertz CT molecular complexity index is 1320. The molecule has 1 saturated heterocycles. The summed E-state index contributed by atoms with van der Waals surface area (Å²) in [5.74, 6) is -1.22. The highest BCUT2D eigenvalue weighted by Gasteiger charge is 2.58. The van der Waals surface area contributed by atoms with Gasteiger partial charge in [-0.3, -0.25) is 14.7 Å². The summed E-state index contributed by atoms with van der Waals surface area (Å²) < 4.78 is 71.8. The van der Waals surface area contributed by atoms with Gasteiger partial charge in [0.25, 0.3) is 5.91 Å². The van der Waals surface area contributed by atoms with Gasteiger partial charge >= 0.3 is 6.18 Å². The van der Waals surface area contributed by atoms with Crippen LogP contribution in [-0.2, 0) is 14.3 Å². The Kier molecular flexibility index (Phi) is 8.72. The van der Waals surface area contributed by atoms with E-state index in [0.717, 1.165) is 19.0 Å². The van der Waals surface area contributed by atoms with Crippen molar-refractivity contribution in [3.63, 3.8) is 0 Å². The number of carbonyl (C=O) groups excluding carboxylic acids is 2. The zero-order valence-corrected chi connectivity index (χ0v) is 24.4. The second kappa shape index (κ2) is 12.0. The van der Waals surface area contributed by atoms with Crippen molar-refractivity contribution in [3.05, 3.63) is 29.8 Å². The van der Waals surface area contributed by atoms with E-state index in [2.05, 4.69) is 20.5 Å². The summed E-state index contributed by atoms with van der Waals surface area (Å²) in [6, 6.07) is 2.51. The summed E-state index contributed by atoms with van der Waals surface area (Å²) in [4.78, 5) is 32.3. The van der Waals surface area contributed by atoms with Crippen LogP contribution in [0.4, 0.5) is 17.6 Å². The number of likely N-dealkylation sites (tertiary alicyclic amines) is 1. The van der Waals surface area contributed by atoms with E-state index in [9.17, 15) is 27.2 Å². The molecule has 2 aliphatic carbocycles. The molecule has 10 nitrogen and oxygen atoms in total. The second-order valence-electron chi connectivity index (χ2n) is 11.9. The van der Waals surface area contributed by atoms with Crippen molar-refractivity contribution in [2.45, 2.75) is 87.8 Å². The van der Waals surface area contributed by atoms with Gasteiger partial charge in [-0.25, -0.2) is 9.37 Å². The van der Waals surface area contributed by atoms with Gasteiger partial charge in [0, 0.05) is 42.8 Å². The monoisotopic (exact) mass is 611 g/mol. The molecule has 0 radical (unpaired) electrons. The number of ether oxygens (including phenoxy) is 3. The first-order valence-corrected chi connectivity index (χ1v) is 14.5. The first kappa shape index (κ1) is 31.2. The Balaban J connectivity index is 1.18. The third-order valence-electron chi connectivity index (χ3n) is 9.12. The highest BCUT2D eigenvalue weighted by molar-refractivity contribution is 5.94. The SMILES string of the molecule is COc1cc(-c2cc(C(=O)N3CC[C@H](C(=O)NC4CCC(OC[C@@H](C)OC)(C(F)(F)F)CC4)CC34CC4)[nH]n2)c(F)cn1. The lowest BCUT2D eigenvalue weighted by Crippen LogP contribution is -2.55. The molecule has 2 N–H and O–H groups in total. The van der Waals surface area contributed by atoms with E-state index in [1.807, 2.05) is 0 Å². The van der Waals surface area contributed by atoms with Gasteiger partial charge in [-0.05, 0) is 64.4 Å². The van der Waals surface area contributed by atoms with E-state index in [0.29, 0.717) is 19.4 Å². The largest absolute Gasteiger partial charge is 0.481 e. The predicted molar refractivity (Wildman–Crippen MR) is 146 cm³/mol. The maximum absolute atomic E-state index is 14.4. The van der Waals surface area contributed by atoms with Crippen LogP contribution in [-0.4, -0.2) is 88.7 Å². The molecule has 5 rings (SSSR count). The van der Waals surface area contributed by atoms with Crippen molar-refractivity contribution in [1.82, 2.24) is 25.4 Å². The van der Waals surface area contributed by atoms with Crippen LogP contribution >= 0.6 is 0 Å². The van der Waals surface area contributed by atoms with Gasteiger partial charge in [-0.15, -0.1) is 0 Å². The number of aromatic nitrogens is 3. The maximum Gasteiger partial charge on any atom is 0.417 e. The molecule has 0 unspecified atom stereocenters. The van der Waals surface area contributed by atoms with Crippen LogP contribution in [0.25, 0.3) is 11.3 Å². The minimum atomic E-state index is -4.53. The molecule has 3 heterocycles. The number of amides is 2. The van der Waals surface area contributed by atoms with Gasteiger partial charge in [0.05, 0.1) is 31.7 Å². The maximum atomic E-state index is 14.4. The quantitative estimate of drug-likeness (QED) is 0.403. The summed E-state index contributed by atoms with van der Waals surface area (Å²) in [5, 5.41) is 9.80. The lowest BCUT2D eigenvalue weighted by atomic mass is 9.80. The van der Waals surface area contributed by atoms with Crippen molar-refractivity contribution in [3.8, 4) is 17.1 Å². The van der Waals surface area contributed by atoms with Crippen LogP contribution in [0.2, 0.25) is 0 Å². The molecule has 2 atom stereocenters. The number of piperidine rings is 1. The zero-order valence-electron chi connectivity index (χ0n) is 24.4. The van der Waals surface area contributed by atoms with Gasteiger partial charge in [-0.2, -0.15) is 18.3 Å². The molecule has 2 amide bonds. The average molecular weight is 612 g/mol. The van der Waals surface area contributed by atoms with Crippen molar-refractivity contribution in [1.29, 1.82) is 0 Å². The van der Waals surface area contributed by atoms with Crippen LogP contribution in [0.5, 0.6) is 5.88 Å². The summed E-state index contributed by atoms with van der Waals surface area (Å²) in [7, 11) is 2.83. The van der Waals surface area contributed by atoms with Crippen LogP contribution in [0, 0.1) is 11.7 Å². The summed E-state index contributed by atoms with van der Waals surface area (Å²) in [6.07, 6.45) is -1.75. The first-order valence-electron chi connectivity index (χ1n) is 14.5. The number of aromatic amines is 1. The minimum Gasteiger partial charge on any atom is -0.481 e. The molecule has 0 aromatic carbocycles. The number of carbonyl (C=O) groups is 2. The van der Waals surface area contributed by atoms with Gasteiger partial charge in [0.2, 0.25) is 11.8 Å². The molecule has 3 aliphatic rings. The Morgan fingerprint density at radius 1 is 1.16 bits per heavy atom. The number of nitrogens with zero attached hydrogens (tertiary/aromatic N) is 3. The molecule has 43 heavy (non-hydrogen) atoms. The van der Waals surface area contributed by atoms with E-state index in [1.165, 1.54) is 26.4 Å². The van der Waals surface area contributed by atoms with Crippen molar-refractivity contribution < 1.29 is 41.4 Å². The van der Waals surface area contributed by atoms with Crippen LogP contribution in [0.1, 0.15) is 68.8 Å². The lowest BCUT2D eigenvalue weighted by Gasteiger charge is -2.42. The molecule has 14 heteroatoms. The molecule has 2 aromatic heterocycles. The number of halogens is 4. The number of hydrogen-bond acceptors (Lipinski definition) is 7. The fraction of sp³-hybridized carbons (Fsp3) is 0.655. The van der Waals surface area contributed by atoms with Crippen molar-refractivity contribution in [2.75, 3.05) is 27.4 Å².